The number of pyridine rings is 1. The molecule has 0 unspecified atom stereocenters. The van der Waals surface area contributed by atoms with E-state index in [1.807, 2.05) is 19.2 Å². The zero-order valence-corrected chi connectivity index (χ0v) is 13.1. The van der Waals surface area contributed by atoms with Crippen LogP contribution in [0.15, 0.2) is 22.9 Å². The first kappa shape index (κ1) is 13.7. The molecule has 1 amide bonds. The quantitative estimate of drug-likeness (QED) is 0.918. The fourth-order valence-corrected chi connectivity index (χ4v) is 2.99. The summed E-state index contributed by atoms with van der Waals surface area (Å²) in [6, 6.07) is 1.86. The molecule has 1 aliphatic heterocycles. The molecule has 0 saturated carbocycles. The summed E-state index contributed by atoms with van der Waals surface area (Å²) in [5.41, 5.74) is 0.735. The standard InChI is InChI=1S/C13H13BrClN3O2/c1-7(8-2-12(19)16-4-8)20-11-3-9(14)6-18-13(11)10(15)5-17-18/h3,5-8H,2,4H2,1H3,(H,16,19)/t7-,8-/m1/s1. The summed E-state index contributed by atoms with van der Waals surface area (Å²) in [6.07, 6.45) is 3.82. The summed E-state index contributed by atoms with van der Waals surface area (Å²) in [5.74, 6) is 0.907. The van der Waals surface area contributed by atoms with E-state index >= 15 is 0 Å². The lowest BCUT2D eigenvalue weighted by Gasteiger charge is -2.20. The lowest BCUT2D eigenvalue weighted by atomic mass is 10.0. The maximum atomic E-state index is 11.3. The van der Waals surface area contributed by atoms with E-state index in [2.05, 4.69) is 26.3 Å². The van der Waals surface area contributed by atoms with E-state index in [1.54, 1.807) is 10.7 Å². The van der Waals surface area contributed by atoms with Gasteiger partial charge < -0.3 is 10.1 Å². The molecule has 5 nitrogen and oxygen atoms in total. The number of amides is 1. The van der Waals surface area contributed by atoms with Gasteiger partial charge in [0.05, 0.1) is 11.2 Å². The molecule has 7 heteroatoms. The van der Waals surface area contributed by atoms with Crippen molar-refractivity contribution in [1.29, 1.82) is 0 Å². The zero-order valence-electron chi connectivity index (χ0n) is 10.8. The highest BCUT2D eigenvalue weighted by Gasteiger charge is 2.28. The number of fused-ring (bicyclic) bond motifs is 1. The molecule has 106 valence electrons. The molecule has 1 N–H and O–H groups in total. The number of nitrogens with zero attached hydrogens (tertiary/aromatic N) is 2. The fourth-order valence-electron chi connectivity index (χ4n) is 2.36. The van der Waals surface area contributed by atoms with Gasteiger partial charge in [0.2, 0.25) is 5.91 Å². The molecule has 2 aromatic rings. The van der Waals surface area contributed by atoms with Gasteiger partial charge in [0.1, 0.15) is 17.4 Å². The minimum Gasteiger partial charge on any atom is -0.488 e. The Morgan fingerprint density at radius 3 is 3.15 bits per heavy atom. The molecule has 20 heavy (non-hydrogen) atoms. The van der Waals surface area contributed by atoms with E-state index in [4.69, 9.17) is 16.3 Å². The van der Waals surface area contributed by atoms with Crippen molar-refractivity contribution in [2.75, 3.05) is 6.54 Å². The minimum atomic E-state index is -0.0852. The molecule has 1 saturated heterocycles. The second kappa shape index (κ2) is 5.26. The molecule has 1 aliphatic rings. The van der Waals surface area contributed by atoms with Crippen molar-refractivity contribution in [3.05, 3.63) is 28.0 Å². The molecule has 2 aromatic heterocycles. The van der Waals surface area contributed by atoms with Crippen molar-refractivity contribution in [1.82, 2.24) is 14.9 Å². The van der Waals surface area contributed by atoms with Crippen LogP contribution in [0.1, 0.15) is 13.3 Å². The van der Waals surface area contributed by atoms with Gasteiger partial charge in [-0.25, -0.2) is 4.52 Å². The molecule has 0 radical (unpaired) electrons. The monoisotopic (exact) mass is 357 g/mol. The van der Waals surface area contributed by atoms with Crippen LogP contribution in [-0.2, 0) is 4.79 Å². The number of nitrogens with one attached hydrogen (secondary N) is 1. The molecule has 0 aromatic carbocycles. The van der Waals surface area contributed by atoms with Crippen LogP contribution in [0, 0.1) is 5.92 Å². The molecule has 2 atom stereocenters. The van der Waals surface area contributed by atoms with Crippen molar-refractivity contribution in [2.45, 2.75) is 19.4 Å². The molecular formula is C13H13BrClN3O2. The zero-order chi connectivity index (χ0) is 14.3. The van der Waals surface area contributed by atoms with Crippen LogP contribution in [0.3, 0.4) is 0 Å². The van der Waals surface area contributed by atoms with Crippen LogP contribution in [0.4, 0.5) is 0 Å². The van der Waals surface area contributed by atoms with Gasteiger partial charge in [0.15, 0.2) is 0 Å². The first-order valence-electron chi connectivity index (χ1n) is 6.30. The van der Waals surface area contributed by atoms with E-state index in [0.29, 0.717) is 23.7 Å². The highest BCUT2D eigenvalue weighted by atomic mass is 79.9. The largest absolute Gasteiger partial charge is 0.488 e. The van der Waals surface area contributed by atoms with Crippen LogP contribution in [0.25, 0.3) is 5.52 Å². The summed E-state index contributed by atoms with van der Waals surface area (Å²) >= 11 is 9.58. The van der Waals surface area contributed by atoms with Crippen LogP contribution in [0.2, 0.25) is 5.02 Å². The van der Waals surface area contributed by atoms with Crippen molar-refractivity contribution < 1.29 is 9.53 Å². The molecular weight excluding hydrogens is 346 g/mol. The number of rotatable bonds is 3. The summed E-state index contributed by atoms with van der Waals surface area (Å²) in [4.78, 5) is 11.3. The van der Waals surface area contributed by atoms with E-state index < -0.39 is 0 Å². The van der Waals surface area contributed by atoms with Gasteiger partial charge in [-0.05, 0) is 28.9 Å². The van der Waals surface area contributed by atoms with Gasteiger partial charge in [-0.15, -0.1) is 0 Å². The maximum Gasteiger partial charge on any atom is 0.220 e. The second-order valence-corrected chi connectivity index (χ2v) is 6.22. The van der Waals surface area contributed by atoms with E-state index in [-0.39, 0.29) is 17.9 Å². The van der Waals surface area contributed by atoms with Gasteiger partial charge in [0, 0.05) is 29.6 Å². The summed E-state index contributed by atoms with van der Waals surface area (Å²) in [5, 5.41) is 7.53. The topological polar surface area (TPSA) is 55.6 Å². The minimum absolute atomic E-state index is 0.0761. The third kappa shape index (κ3) is 2.50. The lowest BCUT2D eigenvalue weighted by Crippen LogP contribution is -2.25. The van der Waals surface area contributed by atoms with Gasteiger partial charge in [0.25, 0.3) is 0 Å². The first-order chi connectivity index (χ1) is 9.54. The smallest absolute Gasteiger partial charge is 0.220 e. The van der Waals surface area contributed by atoms with Gasteiger partial charge in [-0.1, -0.05) is 11.6 Å². The number of hydrogen-bond acceptors (Lipinski definition) is 3. The van der Waals surface area contributed by atoms with Crippen LogP contribution >= 0.6 is 27.5 Å². The summed E-state index contributed by atoms with van der Waals surface area (Å²) < 4.78 is 8.54. The first-order valence-corrected chi connectivity index (χ1v) is 7.47. The van der Waals surface area contributed by atoms with Crippen molar-refractivity contribution in [3.63, 3.8) is 0 Å². The van der Waals surface area contributed by atoms with Gasteiger partial charge in [-0.2, -0.15) is 5.10 Å². The number of halogens is 2. The number of hydrogen-bond donors (Lipinski definition) is 1. The van der Waals surface area contributed by atoms with Gasteiger partial charge in [-0.3, -0.25) is 4.79 Å². The predicted molar refractivity (Wildman–Crippen MR) is 79.1 cm³/mol. The Morgan fingerprint density at radius 1 is 1.65 bits per heavy atom. The Kier molecular flexibility index (Phi) is 3.60. The van der Waals surface area contributed by atoms with Crippen molar-refractivity contribution in [3.8, 4) is 5.75 Å². The van der Waals surface area contributed by atoms with E-state index in [0.717, 1.165) is 9.99 Å². The number of carbonyl (C=O) groups excluding carboxylic acids is 1. The number of aromatic nitrogens is 2. The molecule has 0 bridgehead atoms. The van der Waals surface area contributed by atoms with E-state index in [9.17, 15) is 4.79 Å². The van der Waals surface area contributed by atoms with Crippen molar-refractivity contribution in [2.24, 2.45) is 5.92 Å². The van der Waals surface area contributed by atoms with Crippen LogP contribution in [-0.4, -0.2) is 28.2 Å². The van der Waals surface area contributed by atoms with E-state index in [1.165, 1.54) is 0 Å². The summed E-state index contributed by atoms with van der Waals surface area (Å²) in [7, 11) is 0. The average molecular weight is 359 g/mol. The number of carbonyl (C=O) groups is 1. The SMILES string of the molecule is C[C@@H](Oc1cc(Br)cn2ncc(Cl)c12)[C@H]1CNC(=O)C1. The predicted octanol–water partition coefficient (Wildman–Crippen LogP) is 2.65. The molecule has 1 fully saturated rings. The number of ether oxygens (including phenoxy) is 1. The highest BCUT2D eigenvalue weighted by molar-refractivity contribution is 9.10. The van der Waals surface area contributed by atoms with Crippen molar-refractivity contribution >= 4 is 39.0 Å². The molecule has 3 rings (SSSR count). The van der Waals surface area contributed by atoms with Gasteiger partial charge >= 0.3 is 0 Å². The lowest BCUT2D eigenvalue weighted by molar-refractivity contribution is -0.119. The molecule has 0 spiro atoms. The molecule has 3 heterocycles. The fraction of sp³-hybridized carbons (Fsp3) is 0.385. The Balaban J connectivity index is 1.90. The molecule has 0 aliphatic carbocycles. The Hall–Kier alpha value is -1.27. The van der Waals surface area contributed by atoms with Crippen LogP contribution < -0.4 is 10.1 Å². The Labute approximate surface area is 129 Å². The Morgan fingerprint density at radius 2 is 2.45 bits per heavy atom. The highest BCUT2D eigenvalue weighted by Crippen LogP contribution is 2.32. The second-order valence-electron chi connectivity index (χ2n) is 4.90. The third-order valence-corrected chi connectivity index (χ3v) is 4.19. The normalized spacial score (nSPS) is 20.1. The summed E-state index contributed by atoms with van der Waals surface area (Å²) in [6.45, 7) is 2.61. The Bertz CT molecular complexity index is 673. The maximum absolute atomic E-state index is 11.3. The third-order valence-electron chi connectivity index (χ3n) is 3.48. The van der Waals surface area contributed by atoms with Crippen LogP contribution in [0.5, 0.6) is 5.75 Å². The average Bonchev–Trinajstić information content (AvgIpc) is 2.96.